The monoisotopic (exact) mass is 441 g/mol. The molecule has 0 unspecified atom stereocenters. The number of aromatic nitrogens is 2. The molecule has 0 spiro atoms. The van der Waals surface area contributed by atoms with E-state index in [9.17, 15) is 22.0 Å². The van der Waals surface area contributed by atoms with Crippen molar-refractivity contribution in [3.63, 3.8) is 0 Å². The van der Waals surface area contributed by atoms with Crippen molar-refractivity contribution < 1.29 is 26.7 Å². The first-order valence-electron chi connectivity index (χ1n) is 9.07. The number of anilines is 2. The van der Waals surface area contributed by atoms with Gasteiger partial charge in [0.2, 0.25) is 11.8 Å². The Hall–Kier alpha value is -2.86. The highest BCUT2D eigenvalue weighted by molar-refractivity contribution is 7.89. The largest absolute Gasteiger partial charge is 0.481 e. The molecule has 1 saturated heterocycles. The number of sulfonamides is 1. The molecule has 0 aliphatic carbocycles. The van der Waals surface area contributed by atoms with E-state index in [2.05, 4.69) is 15.3 Å². The Labute approximate surface area is 172 Å². The van der Waals surface area contributed by atoms with Crippen LogP contribution in [-0.2, 0) is 10.0 Å². The van der Waals surface area contributed by atoms with Crippen LogP contribution in [0.1, 0.15) is 29.6 Å². The van der Waals surface area contributed by atoms with E-state index in [0.29, 0.717) is 6.54 Å². The summed E-state index contributed by atoms with van der Waals surface area (Å²) in [6.45, 7) is 0.332. The summed E-state index contributed by atoms with van der Waals surface area (Å²) in [5.74, 6) is -2.91. The molecule has 1 aliphatic heterocycles. The van der Waals surface area contributed by atoms with Crippen LogP contribution < -0.4 is 20.1 Å². The number of carbonyl (C=O) groups excluding carboxylic acids is 1. The standard InChI is InChI=1S/C18H21F2N5O4S/c1-29-14-4-3-13(16(24-14)25-9-2-6-18(19,20)7-10-25)17(26)23-12-5-8-22-15(11-12)30(21,27)28/h3-5,8,11H,2,6-7,9-10H2,1H3,(H2,21,27,28)(H,22,23,26). The first-order valence-corrected chi connectivity index (χ1v) is 10.6. The molecular weight excluding hydrogens is 420 g/mol. The molecular formula is C18H21F2N5O4S. The molecule has 2 aromatic rings. The summed E-state index contributed by atoms with van der Waals surface area (Å²) < 4.78 is 55.6. The SMILES string of the molecule is COc1ccc(C(=O)Nc2ccnc(S(N)(=O)=O)c2)c(N2CCCC(F)(F)CC2)n1. The number of ether oxygens (including phenoxy) is 1. The highest BCUT2D eigenvalue weighted by atomic mass is 32.2. The Morgan fingerprint density at radius 3 is 2.73 bits per heavy atom. The number of hydrogen-bond donors (Lipinski definition) is 2. The van der Waals surface area contributed by atoms with Crippen LogP contribution in [0.3, 0.4) is 0 Å². The first kappa shape index (κ1) is 21.8. The number of pyridine rings is 2. The molecule has 12 heteroatoms. The van der Waals surface area contributed by atoms with Crippen LogP contribution in [0.4, 0.5) is 20.3 Å². The van der Waals surface area contributed by atoms with Gasteiger partial charge in [0, 0.05) is 49.9 Å². The molecule has 3 rings (SSSR count). The zero-order valence-corrected chi connectivity index (χ0v) is 17.0. The Morgan fingerprint density at radius 1 is 1.27 bits per heavy atom. The minimum atomic E-state index is -4.05. The van der Waals surface area contributed by atoms with Gasteiger partial charge in [-0.2, -0.15) is 4.98 Å². The van der Waals surface area contributed by atoms with Crippen molar-refractivity contribution in [1.82, 2.24) is 9.97 Å². The summed E-state index contributed by atoms with van der Waals surface area (Å²) >= 11 is 0. The number of nitrogens with two attached hydrogens (primary N) is 1. The van der Waals surface area contributed by atoms with E-state index >= 15 is 0 Å². The molecule has 0 saturated carbocycles. The average Bonchev–Trinajstić information content (AvgIpc) is 2.87. The lowest BCUT2D eigenvalue weighted by Gasteiger charge is -2.24. The Morgan fingerprint density at radius 2 is 2.03 bits per heavy atom. The van der Waals surface area contributed by atoms with Crippen LogP contribution in [-0.4, -0.2) is 50.4 Å². The number of nitrogens with one attached hydrogen (secondary N) is 1. The topological polar surface area (TPSA) is 128 Å². The molecule has 1 fully saturated rings. The van der Waals surface area contributed by atoms with Crippen molar-refractivity contribution in [2.45, 2.75) is 30.2 Å². The Bertz CT molecular complexity index is 1050. The van der Waals surface area contributed by atoms with Crippen molar-refractivity contribution in [1.29, 1.82) is 0 Å². The second-order valence-corrected chi connectivity index (χ2v) is 8.31. The molecule has 9 nitrogen and oxygen atoms in total. The molecule has 162 valence electrons. The van der Waals surface area contributed by atoms with E-state index in [4.69, 9.17) is 9.88 Å². The number of alkyl halides is 2. The zero-order chi connectivity index (χ0) is 21.9. The maximum atomic E-state index is 13.8. The Kier molecular flexibility index (Phi) is 6.17. The van der Waals surface area contributed by atoms with Crippen molar-refractivity contribution in [2.75, 3.05) is 30.4 Å². The second-order valence-electron chi connectivity index (χ2n) is 6.80. The number of halogens is 2. The van der Waals surface area contributed by atoms with E-state index in [-0.39, 0.29) is 48.8 Å². The summed E-state index contributed by atoms with van der Waals surface area (Å²) in [5, 5.41) is 7.23. The average molecular weight is 441 g/mol. The fourth-order valence-electron chi connectivity index (χ4n) is 3.08. The zero-order valence-electron chi connectivity index (χ0n) is 16.1. The number of carbonyl (C=O) groups is 1. The third kappa shape index (κ3) is 5.19. The van der Waals surface area contributed by atoms with Crippen molar-refractivity contribution in [3.8, 4) is 5.88 Å². The molecule has 3 N–H and O–H groups in total. The van der Waals surface area contributed by atoms with Gasteiger partial charge in [-0.05, 0) is 18.6 Å². The van der Waals surface area contributed by atoms with Gasteiger partial charge >= 0.3 is 0 Å². The van der Waals surface area contributed by atoms with Crippen LogP contribution in [0.2, 0.25) is 0 Å². The molecule has 0 radical (unpaired) electrons. The summed E-state index contributed by atoms with van der Waals surface area (Å²) in [7, 11) is -2.63. The third-order valence-electron chi connectivity index (χ3n) is 4.61. The molecule has 0 bridgehead atoms. The van der Waals surface area contributed by atoms with Gasteiger partial charge in [-0.3, -0.25) is 4.79 Å². The number of primary sulfonamides is 1. The summed E-state index contributed by atoms with van der Waals surface area (Å²) in [4.78, 5) is 22.5. The first-order chi connectivity index (χ1) is 14.1. The van der Waals surface area contributed by atoms with Gasteiger partial charge in [0.15, 0.2) is 5.03 Å². The van der Waals surface area contributed by atoms with E-state index in [0.717, 1.165) is 6.07 Å². The van der Waals surface area contributed by atoms with E-state index in [1.807, 2.05) is 0 Å². The number of rotatable bonds is 5. The van der Waals surface area contributed by atoms with Gasteiger partial charge in [0.05, 0.1) is 12.7 Å². The Balaban J connectivity index is 1.91. The fourth-order valence-corrected chi connectivity index (χ4v) is 3.58. The molecule has 0 aromatic carbocycles. The maximum absolute atomic E-state index is 13.8. The quantitative estimate of drug-likeness (QED) is 0.726. The maximum Gasteiger partial charge on any atom is 0.259 e. The number of nitrogens with zero attached hydrogens (tertiary/aromatic N) is 3. The predicted octanol–water partition coefficient (Wildman–Crippen LogP) is 2.01. The fraction of sp³-hybridized carbons (Fsp3) is 0.389. The van der Waals surface area contributed by atoms with Crippen LogP contribution in [0, 0.1) is 0 Å². The lowest BCUT2D eigenvalue weighted by atomic mass is 10.1. The molecule has 2 aromatic heterocycles. The molecule has 30 heavy (non-hydrogen) atoms. The van der Waals surface area contributed by atoms with Crippen molar-refractivity contribution in [3.05, 3.63) is 36.0 Å². The minimum absolute atomic E-state index is 0.0261. The summed E-state index contributed by atoms with van der Waals surface area (Å²) in [6, 6.07) is 5.47. The number of methoxy groups -OCH3 is 1. The van der Waals surface area contributed by atoms with Gasteiger partial charge in [-0.1, -0.05) is 0 Å². The van der Waals surface area contributed by atoms with Gasteiger partial charge in [-0.25, -0.2) is 27.3 Å². The van der Waals surface area contributed by atoms with E-state index in [1.165, 1.54) is 31.5 Å². The highest BCUT2D eigenvalue weighted by Crippen LogP contribution is 2.31. The van der Waals surface area contributed by atoms with Gasteiger partial charge in [0.25, 0.3) is 15.9 Å². The van der Waals surface area contributed by atoms with Gasteiger partial charge in [-0.15, -0.1) is 0 Å². The van der Waals surface area contributed by atoms with E-state index < -0.39 is 26.9 Å². The molecule has 1 amide bonds. The van der Waals surface area contributed by atoms with Crippen LogP contribution in [0.25, 0.3) is 0 Å². The third-order valence-corrected chi connectivity index (χ3v) is 5.41. The molecule has 0 atom stereocenters. The highest BCUT2D eigenvalue weighted by Gasteiger charge is 2.33. The normalized spacial score (nSPS) is 16.6. The van der Waals surface area contributed by atoms with Crippen molar-refractivity contribution >= 4 is 27.4 Å². The lowest BCUT2D eigenvalue weighted by Crippen LogP contribution is -2.29. The minimum Gasteiger partial charge on any atom is -0.481 e. The smallest absolute Gasteiger partial charge is 0.259 e. The molecule has 1 aliphatic rings. The second kappa shape index (κ2) is 8.48. The predicted molar refractivity (Wildman–Crippen MR) is 105 cm³/mol. The van der Waals surface area contributed by atoms with Crippen LogP contribution in [0.5, 0.6) is 5.88 Å². The van der Waals surface area contributed by atoms with E-state index in [1.54, 1.807) is 4.90 Å². The number of amides is 1. The van der Waals surface area contributed by atoms with Crippen molar-refractivity contribution in [2.24, 2.45) is 5.14 Å². The van der Waals surface area contributed by atoms with Gasteiger partial charge in [0.1, 0.15) is 5.82 Å². The lowest BCUT2D eigenvalue weighted by molar-refractivity contribution is -0.0102. The van der Waals surface area contributed by atoms with Gasteiger partial charge < -0.3 is 15.0 Å². The summed E-state index contributed by atoms with van der Waals surface area (Å²) in [5.41, 5.74) is 0.290. The number of hydrogen-bond acceptors (Lipinski definition) is 7. The van der Waals surface area contributed by atoms with Crippen LogP contribution in [0.15, 0.2) is 35.5 Å². The van der Waals surface area contributed by atoms with Crippen LogP contribution >= 0.6 is 0 Å². The summed E-state index contributed by atoms with van der Waals surface area (Å²) in [6.07, 6.45) is 0.853. The molecule has 3 heterocycles.